The Morgan fingerprint density at radius 1 is 1.40 bits per heavy atom. The number of aliphatic hydroxyl groups is 1. The lowest BCUT2D eigenvalue weighted by Crippen LogP contribution is -2.04. The standard InChI is InChI=1S/C15H15FN2O2/c16-14-5-4-13(3-1-9-19)15(11-14)20-10-2-7-18-8-6-17-12-18/h4-6,8,11-12,19H,2,7,9-10H2. The highest BCUT2D eigenvalue weighted by Gasteiger charge is 2.03. The number of aryl methyl sites for hydroxylation is 1. The van der Waals surface area contributed by atoms with Crippen molar-refractivity contribution in [2.75, 3.05) is 13.2 Å². The van der Waals surface area contributed by atoms with Crippen molar-refractivity contribution in [1.82, 2.24) is 9.55 Å². The number of benzene rings is 1. The highest BCUT2D eigenvalue weighted by Crippen LogP contribution is 2.19. The van der Waals surface area contributed by atoms with Gasteiger partial charge >= 0.3 is 0 Å². The summed E-state index contributed by atoms with van der Waals surface area (Å²) in [5.74, 6) is 5.29. The van der Waals surface area contributed by atoms with Gasteiger partial charge in [0.25, 0.3) is 0 Å². The van der Waals surface area contributed by atoms with E-state index in [9.17, 15) is 4.39 Å². The fourth-order valence-electron chi connectivity index (χ4n) is 1.70. The van der Waals surface area contributed by atoms with Crippen LogP contribution in [0.15, 0.2) is 36.9 Å². The van der Waals surface area contributed by atoms with Gasteiger partial charge in [0.2, 0.25) is 0 Å². The minimum atomic E-state index is -0.371. The number of imidazole rings is 1. The van der Waals surface area contributed by atoms with Crippen LogP contribution < -0.4 is 4.74 Å². The van der Waals surface area contributed by atoms with E-state index in [1.54, 1.807) is 18.6 Å². The molecular weight excluding hydrogens is 259 g/mol. The van der Waals surface area contributed by atoms with Gasteiger partial charge in [0.05, 0.1) is 18.5 Å². The van der Waals surface area contributed by atoms with Crippen molar-refractivity contribution in [3.8, 4) is 17.6 Å². The van der Waals surface area contributed by atoms with E-state index in [0.717, 1.165) is 13.0 Å². The Morgan fingerprint density at radius 2 is 2.30 bits per heavy atom. The van der Waals surface area contributed by atoms with E-state index in [-0.39, 0.29) is 12.4 Å². The van der Waals surface area contributed by atoms with Crippen molar-refractivity contribution in [2.45, 2.75) is 13.0 Å². The Kier molecular flexibility index (Phi) is 5.15. The van der Waals surface area contributed by atoms with Gasteiger partial charge in [-0.25, -0.2) is 9.37 Å². The Labute approximate surface area is 116 Å². The van der Waals surface area contributed by atoms with Crippen LogP contribution in [0.2, 0.25) is 0 Å². The SMILES string of the molecule is OCC#Cc1ccc(F)cc1OCCCn1ccnc1. The fraction of sp³-hybridized carbons (Fsp3) is 0.267. The van der Waals surface area contributed by atoms with E-state index in [0.29, 0.717) is 17.9 Å². The third kappa shape index (κ3) is 4.11. The van der Waals surface area contributed by atoms with Crippen LogP contribution >= 0.6 is 0 Å². The van der Waals surface area contributed by atoms with Gasteiger partial charge < -0.3 is 14.4 Å². The van der Waals surface area contributed by atoms with Crippen LogP contribution in [0, 0.1) is 17.7 Å². The average Bonchev–Trinajstić information content (AvgIpc) is 2.96. The largest absolute Gasteiger partial charge is 0.492 e. The lowest BCUT2D eigenvalue weighted by Gasteiger charge is -2.08. The van der Waals surface area contributed by atoms with Crippen LogP contribution in [-0.4, -0.2) is 27.9 Å². The smallest absolute Gasteiger partial charge is 0.137 e. The van der Waals surface area contributed by atoms with Crippen LogP contribution in [0.1, 0.15) is 12.0 Å². The maximum absolute atomic E-state index is 13.2. The molecule has 1 aromatic heterocycles. The van der Waals surface area contributed by atoms with Crippen molar-refractivity contribution >= 4 is 0 Å². The maximum Gasteiger partial charge on any atom is 0.137 e. The second-order valence-electron chi connectivity index (χ2n) is 4.10. The number of halogens is 1. The molecule has 0 atom stereocenters. The number of aromatic nitrogens is 2. The Balaban J connectivity index is 1.92. The van der Waals surface area contributed by atoms with Gasteiger partial charge in [0.1, 0.15) is 18.2 Å². The van der Waals surface area contributed by atoms with Gasteiger partial charge in [0.15, 0.2) is 0 Å². The molecule has 1 N–H and O–H groups in total. The van der Waals surface area contributed by atoms with Crippen LogP contribution in [0.5, 0.6) is 5.75 Å². The quantitative estimate of drug-likeness (QED) is 0.668. The second kappa shape index (κ2) is 7.31. The third-order valence-corrected chi connectivity index (χ3v) is 2.62. The van der Waals surface area contributed by atoms with E-state index in [4.69, 9.17) is 9.84 Å². The number of rotatable bonds is 5. The number of ether oxygens (including phenoxy) is 1. The Morgan fingerprint density at radius 3 is 3.05 bits per heavy atom. The van der Waals surface area contributed by atoms with Gasteiger partial charge in [-0.2, -0.15) is 0 Å². The molecule has 0 aliphatic rings. The van der Waals surface area contributed by atoms with Crippen LogP contribution in [0.25, 0.3) is 0 Å². The first-order chi connectivity index (χ1) is 9.79. The summed E-state index contributed by atoms with van der Waals surface area (Å²) in [5.41, 5.74) is 0.572. The molecule has 0 spiro atoms. The fourth-order valence-corrected chi connectivity index (χ4v) is 1.70. The molecule has 0 fully saturated rings. The van der Waals surface area contributed by atoms with Crippen molar-refractivity contribution in [1.29, 1.82) is 0 Å². The molecule has 5 heteroatoms. The Bertz CT molecular complexity index is 600. The second-order valence-corrected chi connectivity index (χ2v) is 4.10. The van der Waals surface area contributed by atoms with Crippen molar-refractivity contribution in [3.63, 3.8) is 0 Å². The normalized spacial score (nSPS) is 9.90. The minimum Gasteiger partial charge on any atom is -0.492 e. The molecule has 2 aromatic rings. The molecule has 0 saturated carbocycles. The highest BCUT2D eigenvalue weighted by atomic mass is 19.1. The maximum atomic E-state index is 13.2. The number of hydrogen-bond donors (Lipinski definition) is 1. The summed E-state index contributed by atoms with van der Waals surface area (Å²) in [7, 11) is 0. The first kappa shape index (κ1) is 14.1. The van der Waals surface area contributed by atoms with Crippen LogP contribution in [0.3, 0.4) is 0 Å². The first-order valence-corrected chi connectivity index (χ1v) is 6.27. The molecule has 1 aromatic carbocycles. The summed E-state index contributed by atoms with van der Waals surface area (Å²) >= 11 is 0. The van der Waals surface area contributed by atoms with E-state index in [2.05, 4.69) is 16.8 Å². The van der Waals surface area contributed by atoms with Gasteiger partial charge in [-0.3, -0.25) is 0 Å². The molecule has 0 amide bonds. The van der Waals surface area contributed by atoms with Crippen molar-refractivity contribution in [2.24, 2.45) is 0 Å². The molecule has 0 bridgehead atoms. The average molecular weight is 274 g/mol. The first-order valence-electron chi connectivity index (χ1n) is 6.27. The number of nitrogens with zero attached hydrogens (tertiary/aromatic N) is 2. The van der Waals surface area contributed by atoms with Crippen molar-refractivity contribution < 1.29 is 14.2 Å². The van der Waals surface area contributed by atoms with Crippen molar-refractivity contribution in [3.05, 3.63) is 48.3 Å². The van der Waals surface area contributed by atoms with Gasteiger partial charge in [-0.15, -0.1) is 0 Å². The zero-order valence-corrected chi connectivity index (χ0v) is 10.9. The summed E-state index contributed by atoms with van der Waals surface area (Å²) in [5, 5.41) is 8.70. The predicted molar refractivity (Wildman–Crippen MR) is 72.7 cm³/mol. The van der Waals surface area contributed by atoms with Gasteiger partial charge in [0, 0.05) is 25.0 Å². The lowest BCUT2D eigenvalue weighted by atomic mass is 10.2. The minimum absolute atomic E-state index is 0.239. The molecule has 104 valence electrons. The third-order valence-electron chi connectivity index (χ3n) is 2.62. The summed E-state index contributed by atoms with van der Waals surface area (Å²) < 4.78 is 20.7. The van der Waals surface area contributed by atoms with Crippen LogP contribution in [-0.2, 0) is 6.54 Å². The molecule has 2 rings (SSSR count). The molecule has 0 unspecified atom stereocenters. The zero-order chi connectivity index (χ0) is 14.2. The summed E-state index contributed by atoms with van der Waals surface area (Å²) in [6, 6.07) is 4.17. The van der Waals surface area contributed by atoms with E-state index < -0.39 is 0 Å². The van der Waals surface area contributed by atoms with E-state index in [1.165, 1.54) is 12.1 Å². The molecule has 0 radical (unpaired) electrons. The summed E-state index contributed by atoms with van der Waals surface area (Å²) in [4.78, 5) is 3.95. The van der Waals surface area contributed by atoms with Crippen LogP contribution in [0.4, 0.5) is 4.39 Å². The predicted octanol–water partition coefficient (Wildman–Crippen LogP) is 1.84. The highest BCUT2D eigenvalue weighted by molar-refractivity contribution is 5.46. The summed E-state index contributed by atoms with van der Waals surface area (Å²) in [6.45, 7) is 1.000. The molecule has 20 heavy (non-hydrogen) atoms. The molecule has 1 heterocycles. The summed E-state index contributed by atoms with van der Waals surface area (Å²) in [6.07, 6.45) is 6.11. The molecule has 0 aliphatic carbocycles. The molecular formula is C15H15FN2O2. The van der Waals surface area contributed by atoms with E-state index >= 15 is 0 Å². The molecule has 4 nitrogen and oxygen atoms in total. The lowest BCUT2D eigenvalue weighted by molar-refractivity contribution is 0.299. The monoisotopic (exact) mass is 274 g/mol. The number of aliphatic hydroxyl groups excluding tert-OH is 1. The zero-order valence-electron chi connectivity index (χ0n) is 10.9. The Hall–Kier alpha value is -2.32. The number of hydrogen-bond acceptors (Lipinski definition) is 3. The topological polar surface area (TPSA) is 47.3 Å². The van der Waals surface area contributed by atoms with Gasteiger partial charge in [-0.1, -0.05) is 11.8 Å². The van der Waals surface area contributed by atoms with E-state index in [1.807, 2.05) is 10.8 Å². The molecule has 0 saturated heterocycles. The molecule has 0 aliphatic heterocycles. The van der Waals surface area contributed by atoms with Gasteiger partial charge in [-0.05, 0) is 18.6 Å².